The highest BCUT2D eigenvalue weighted by atomic mass is 19.4. The van der Waals surface area contributed by atoms with Crippen LogP contribution in [-0.2, 0) is 6.54 Å². The lowest BCUT2D eigenvalue weighted by atomic mass is 10.1. The van der Waals surface area contributed by atoms with Gasteiger partial charge in [0.15, 0.2) is 0 Å². The van der Waals surface area contributed by atoms with Crippen molar-refractivity contribution in [3.8, 4) is 11.8 Å². The van der Waals surface area contributed by atoms with Gasteiger partial charge in [-0.25, -0.2) is 0 Å². The molecule has 0 fully saturated rings. The molecule has 0 radical (unpaired) electrons. The van der Waals surface area contributed by atoms with Crippen LogP contribution >= 0.6 is 0 Å². The lowest BCUT2D eigenvalue weighted by Crippen LogP contribution is -2.24. The molecular formula is C14H17F3N2. The van der Waals surface area contributed by atoms with Gasteiger partial charge in [0.2, 0.25) is 0 Å². The number of nitrogens with zero attached hydrogens (tertiary/aromatic N) is 1. The Morgan fingerprint density at radius 3 is 2.58 bits per heavy atom. The zero-order chi connectivity index (χ0) is 14.3. The van der Waals surface area contributed by atoms with E-state index in [2.05, 4.69) is 11.8 Å². The summed E-state index contributed by atoms with van der Waals surface area (Å²) < 4.78 is 36.4. The van der Waals surface area contributed by atoms with Gasteiger partial charge in [-0.2, -0.15) is 13.2 Å². The molecule has 0 atom stereocenters. The minimum absolute atomic E-state index is 0.0256. The van der Waals surface area contributed by atoms with Crippen LogP contribution in [0.2, 0.25) is 0 Å². The topological polar surface area (TPSA) is 29.3 Å². The molecule has 19 heavy (non-hydrogen) atoms. The Morgan fingerprint density at radius 1 is 1.26 bits per heavy atom. The molecular weight excluding hydrogens is 253 g/mol. The van der Waals surface area contributed by atoms with Crippen molar-refractivity contribution < 1.29 is 13.2 Å². The molecule has 2 N–H and O–H groups in total. The molecule has 1 rings (SSSR count). The van der Waals surface area contributed by atoms with E-state index in [4.69, 9.17) is 5.73 Å². The second-order valence-corrected chi connectivity index (χ2v) is 4.27. The highest BCUT2D eigenvalue weighted by Crippen LogP contribution is 2.20. The molecule has 0 saturated carbocycles. The predicted molar refractivity (Wildman–Crippen MR) is 69.4 cm³/mol. The molecule has 1 aromatic carbocycles. The van der Waals surface area contributed by atoms with Crippen LogP contribution in [0.1, 0.15) is 17.5 Å². The molecule has 0 aliphatic heterocycles. The summed E-state index contributed by atoms with van der Waals surface area (Å²) in [5.74, 6) is 5.68. The molecule has 1 aromatic rings. The van der Waals surface area contributed by atoms with Gasteiger partial charge in [0.1, 0.15) is 0 Å². The summed E-state index contributed by atoms with van der Waals surface area (Å²) in [5, 5.41) is 0. The van der Waals surface area contributed by atoms with Gasteiger partial charge in [0, 0.05) is 18.7 Å². The molecule has 0 bridgehead atoms. The van der Waals surface area contributed by atoms with Crippen molar-refractivity contribution >= 4 is 0 Å². The summed E-state index contributed by atoms with van der Waals surface area (Å²) >= 11 is 0. The average Bonchev–Trinajstić information content (AvgIpc) is 2.34. The van der Waals surface area contributed by atoms with Crippen molar-refractivity contribution in [1.82, 2.24) is 4.90 Å². The average molecular weight is 270 g/mol. The van der Waals surface area contributed by atoms with E-state index in [1.54, 1.807) is 11.9 Å². The minimum atomic E-state index is -4.12. The van der Waals surface area contributed by atoms with E-state index in [9.17, 15) is 13.2 Å². The summed E-state index contributed by atoms with van der Waals surface area (Å²) in [6, 6.07) is 7.40. The number of hydrogen-bond acceptors (Lipinski definition) is 2. The van der Waals surface area contributed by atoms with Gasteiger partial charge in [0.25, 0.3) is 0 Å². The predicted octanol–water partition coefficient (Wildman–Crippen LogP) is 2.38. The van der Waals surface area contributed by atoms with Gasteiger partial charge >= 0.3 is 6.18 Å². The third-order valence-electron chi connectivity index (χ3n) is 2.56. The van der Waals surface area contributed by atoms with Crippen LogP contribution in [0, 0.1) is 11.8 Å². The summed E-state index contributed by atoms with van der Waals surface area (Å²) in [6.45, 7) is 0.673. The van der Waals surface area contributed by atoms with Crippen molar-refractivity contribution in [3.63, 3.8) is 0 Å². The Kier molecular flexibility index (Phi) is 5.87. The van der Waals surface area contributed by atoms with Gasteiger partial charge in [-0.1, -0.05) is 30.0 Å². The molecule has 104 valence electrons. The molecule has 0 aromatic heterocycles. The fraction of sp³-hybridized carbons (Fsp3) is 0.429. The molecule has 0 aliphatic carbocycles. The van der Waals surface area contributed by atoms with Crippen LogP contribution in [0.15, 0.2) is 24.3 Å². The van der Waals surface area contributed by atoms with Crippen molar-refractivity contribution in [2.75, 3.05) is 20.1 Å². The zero-order valence-electron chi connectivity index (χ0n) is 10.8. The van der Waals surface area contributed by atoms with Gasteiger partial charge in [-0.15, -0.1) is 0 Å². The third kappa shape index (κ3) is 6.27. The highest BCUT2D eigenvalue weighted by molar-refractivity contribution is 5.41. The van der Waals surface area contributed by atoms with Crippen molar-refractivity contribution in [3.05, 3.63) is 35.4 Å². The monoisotopic (exact) mass is 270 g/mol. The number of hydrogen-bond donors (Lipinski definition) is 1. The number of nitrogens with two attached hydrogens (primary N) is 1. The number of halogens is 3. The Bertz CT molecular complexity index is 458. The summed E-state index contributed by atoms with van der Waals surface area (Å²) in [6.07, 6.45) is -4.92. The van der Waals surface area contributed by atoms with Crippen molar-refractivity contribution in [2.24, 2.45) is 5.73 Å². The van der Waals surface area contributed by atoms with Crippen molar-refractivity contribution in [1.29, 1.82) is 0 Å². The molecule has 0 unspecified atom stereocenters. The molecule has 0 heterocycles. The smallest absolute Gasteiger partial charge is 0.320 e. The van der Waals surface area contributed by atoms with Crippen LogP contribution in [0.3, 0.4) is 0 Å². The van der Waals surface area contributed by atoms with E-state index in [-0.39, 0.29) is 13.1 Å². The second kappa shape index (κ2) is 7.17. The maximum Gasteiger partial charge on any atom is 0.390 e. The molecule has 2 nitrogen and oxygen atoms in total. The first-order valence-electron chi connectivity index (χ1n) is 5.94. The first kappa shape index (κ1) is 15.5. The lowest BCUT2D eigenvalue weighted by Gasteiger charge is -2.18. The van der Waals surface area contributed by atoms with Crippen LogP contribution in [0.4, 0.5) is 13.2 Å². The lowest BCUT2D eigenvalue weighted by molar-refractivity contribution is -0.137. The van der Waals surface area contributed by atoms with E-state index in [0.29, 0.717) is 6.54 Å². The highest BCUT2D eigenvalue weighted by Gasteiger charge is 2.27. The summed E-state index contributed by atoms with van der Waals surface area (Å²) in [7, 11) is 1.67. The fourth-order valence-corrected chi connectivity index (χ4v) is 1.61. The Morgan fingerprint density at radius 2 is 1.95 bits per heavy atom. The Balaban J connectivity index is 2.66. The van der Waals surface area contributed by atoms with E-state index in [0.717, 1.165) is 11.1 Å². The molecule has 5 heteroatoms. The number of benzene rings is 1. The van der Waals surface area contributed by atoms with E-state index >= 15 is 0 Å². The summed E-state index contributed by atoms with van der Waals surface area (Å²) in [4.78, 5) is 1.64. The van der Waals surface area contributed by atoms with E-state index < -0.39 is 12.6 Å². The molecule has 0 aliphatic rings. The zero-order valence-corrected chi connectivity index (χ0v) is 10.8. The minimum Gasteiger partial charge on any atom is -0.320 e. The largest absolute Gasteiger partial charge is 0.390 e. The number of alkyl halides is 3. The second-order valence-electron chi connectivity index (χ2n) is 4.27. The fourth-order valence-electron chi connectivity index (χ4n) is 1.61. The van der Waals surface area contributed by atoms with Crippen molar-refractivity contribution in [2.45, 2.75) is 19.1 Å². The Labute approximate surface area is 111 Å². The standard InChI is InChI=1S/C14H17F3N2/c1-19(10-8-14(15,16)17)11-13-6-3-2-5-12(13)7-4-9-18/h2-3,5-6H,8-11,18H2,1H3. The van der Waals surface area contributed by atoms with Gasteiger partial charge in [-0.3, -0.25) is 0 Å². The molecule has 0 spiro atoms. The third-order valence-corrected chi connectivity index (χ3v) is 2.56. The van der Waals surface area contributed by atoms with E-state index in [1.807, 2.05) is 24.3 Å². The van der Waals surface area contributed by atoms with E-state index in [1.165, 1.54) is 0 Å². The van der Waals surface area contributed by atoms with Crippen LogP contribution in [-0.4, -0.2) is 31.2 Å². The molecule has 0 saturated heterocycles. The maximum atomic E-state index is 12.1. The normalized spacial score (nSPS) is 11.3. The quantitative estimate of drug-likeness (QED) is 0.851. The van der Waals surface area contributed by atoms with Gasteiger partial charge in [-0.05, 0) is 18.7 Å². The SMILES string of the molecule is CN(CCC(F)(F)F)Cc1ccccc1C#CCN. The van der Waals surface area contributed by atoms with Gasteiger partial charge in [0.05, 0.1) is 13.0 Å². The van der Waals surface area contributed by atoms with Crippen LogP contribution < -0.4 is 5.73 Å². The van der Waals surface area contributed by atoms with Crippen LogP contribution in [0.5, 0.6) is 0 Å². The van der Waals surface area contributed by atoms with Crippen LogP contribution in [0.25, 0.3) is 0 Å². The van der Waals surface area contributed by atoms with Gasteiger partial charge < -0.3 is 10.6 Å². The maximum absolute atomic E-state index is 12.1. The summed E-state index contributed by atoms with van der Waals surface area (Å²) in [5.41, 5.74) is 7.04. The first-order valence-corrected chi connectivity index (χ1v) is 5.94. The Hall–Kier alpha value is -1.51. The number of rotatable bonds is 4. The molecule has 0 amide bonds. The first-order chi connectivity index (χ1) is 8.92.